The number of hydrogen-bond donors (Lipinski definition) is 0. The van der Waals surface area contributed by atoms with Gasteiger partial charge in [-0.05, 0) is 156 Å². The van der Waals surface area contributed by atoms with E-state index in [-0.39, 0.29) is 0 Å². The zero-order chi connectivity index (χ0) is 19.3. The molecule has 0 aromatic heterocycles. The van der Waals surface area contributed by atoms with Crippen molar-refractivity contribution in [3.05, 3.63) is 0 Å². The van der Waals surface area contributed by atoms with Gasteiger partial charge < -0.3 is 19.6 Å². The first kappa shape index (κ1) is 22.5. The Balaban J connectivity index is 1.71. The zero-order valence-electron chi connectivity index (χ0n) is 18.8. The lowest BCUT2D eigenvalue weighted by molar-refractivity contribution is 0.234. The van der Waals surface area contributed by atoms with Crippen molar-refractivity contribution >= 4 is 0 Å². The fourth-order valence-corrected chi connectivity index (χ4v) is 5.37. The zero-order valence-corrected chi connectivity index (χ0v) is 18.8. The first-order chi connectivity index (χ1) is 13.9. The van der Waals surface area contributed by atoms with Crippen LogP contribution in [-0.4, -0.2) is 98.1 Å². The minimum atomic E-state index is 1.33. The molecule has 4 heteroatoms. The van der Waals surface area contributed by atoms with E-state index in [0.29, 0.717) is 0 Å². The van der Waals surface area contributed by atoms with Gasteiger partial charge in [0, 0.05) is 0 Å². The van der Waals surface area contributed by atoms with Crippen LogP contribution in [0.3, 0.4) is 0 Å². The minimum Gasteiger partial charge on any atom is -0.303 e. The van der Waals surface area contributed by atoms with Crippen LogP contribution in [0.25, 0.3) is 0 Å². The Morgan fingerprint density at radius 2 is 0.286 bits per heavy atom. The average Bonchev–Trinajstić information content (AvgIpc) is 2.72. The van der Waals surface area contributed by atoms with Gasteiger partial charge in [0.25, 0.3) is 0 Å². The van der Waals surface area contributed by atoms with E-state index in [2.05, 4.69) is 19.6 Å². The first-order valence-electron chi connectivity index (χ1n) is 12.8. The van der Waals surface area contributed by atoms with Crippen molar-refractivity contribution in [2.75, 3.05) is 78.5 Å². The van der Waals surface area contributed by atoms with E-state index in [1.807, 2.05) is 0 Å². The number of fused-ring (bicyclic) bond motifs is 18. The second kappa shape index (κ2) is 14.0. The molecule has 0 saturated carbocycles. The average molecular weight is 393 g/mol. The van der Waals surface area contributed by atoms with Gasteiger partial charge in [0.05, 0.1) is 0 Å². The van der Waals surface area contributed by atoms with Crippen LogP contribution in [0.2, 0.25) is 0 Å². The summed E-state index contributed by atoms with van der Waals surface area (Å²) < 4.78 is 0. The van der Waals surface area contributed by atoms with E-state index in [0.717, 1.165) is 0 Å². The van der Waals surface area contributed by atoms with Crippen molar-refractivity contribution < 1.29 is 0 Å². The van der Waals surface area contributed by atoms with E-state index in [1.165, 1.54) is 156 Å². The first-order valence-corrected chi connectivity index (χ1v) is 12.8. The summed E-state index contributed by atoms with van der Waals surface area (Å²) in [5.41, 5.74) is 0. The van der Waals surface area contributed by atoms with Crippen LogP contribution < -0.4 is 0 Å². The van der Waals surface area contributed by atoms with Gasteiger partial charge in [-0.15, -0.1) is 0 Å². The molecule has 0 amide bonds. The van der Waals surface area contributed by atoms with Crippen LogP contribution in [-0.2, 0) is 0 Å². The molecule has 4 aliphatic rings. The molecule has 4 bridgehead atoms. The molecule has 0 aliphatic carbocycles. The SMILES string of the molecule is C1CCN2CCCCN3CCCCN(C1)CCCCN(CCCC2)CCCC3. The lowest BCUT2D eigenvalue weighted by Gasteiger charge is -2.24. The maximum absolute atomic E-state index is 2.80. The standard InChI is InChI=1S/C24H48N4/c1-2-14-26-17-7-9-21-27-19-5-3-15-25(13-1)16-4-6-20-28(22-10-8-18-26)24-12-11-23-27/h1-24H2. The molecule has 0 aromatic carbocycles. The third kappa shape index (κ3) is 9.11. The molecule has 4 saturated heterocycles. The molecular formula is C24H48N4. The maximum Gasteiger partial charge on any atom is -0.00183 e. The Bertz CT molecular complexity index is 260. The molecule has 0 spiro atoms. The van der Waals surface area contributed by atoms with Crippen molar-refractivity contribution in [3.8, 4) is 0 Å². The molecule has 0 unspecified atom stereocenters. The highest BCUT2D eigenvalue weighted by atomic mass is 15.2. The molecule has 0 radical (unpaired) electrons. The van der Waals surface area contributed by atoms with E-state index >= 15 is 0 Å². The Morgan fingerprint density at radius 1 is 0.179 bits per heavy atom. The van der Waals surface area contributed by atoms with Gasteiger partial charge in [0.2, 0.25) is 0 Å². The quantitative estimate of drug-likeness (QED) is 0.619. The molecule has 4 aliphatic heterocycles. The second-order valence-corrected chi connectivity index (χ2v) is 9.61. The summed E-state index contributed by atoms with van der Waals surface area (Å²) in [6, 6.07) is 0. The molecule has 28 heavy (non-hydrogen) atoms. The van der Waals surface area contributed by atoms with E-state index in [4.69, 9.17) is 0 Å². The van der Waals surface area contributed by atoms with Crippen LogP contribution in [0.4, 0.5) is 0 Å². The second-order valence-electron chi connectivity index (χ2n) is 9.61. The normalized spacial score (nSPS) is 36.0. The Labute approximate surface area is 175 Å². The van der Waals surface area contributed by atoms with Crippen molar-refractivity contribution in [2.24, 2.45) is 0 Å². The third-order valence-corrected chi connectivity index (χ3v) is 7.19. The lowest BCUT2D eigenvalue weighted by Crippen LogP contribution is -2.30. The smallest absolute Gasteiger partial charge is 0.00183 e. The summed E-state index contributed by atoms with van der Waals surface area (Å²) in [6.45, 7) is 16.0. The Kier molecular flexibility index (Phi) is 11.2. The van der Waals surface area contributed by atoms with Crippen molar-refractivity contribution in [3.63, 3.8) is 0 Å². The van der Waals surface area contributed by atoms with Crippen molar-refractivity contribution in [1.29, 1.82) is 0 Å². The van der Waals surface area contributed by atoms with Gasteiger partial charge >= 0.3 is 0 Å². The number of rotatable bonds is 0. The van der Waals surface area contributed by atoms with Crippen LogP contribution >= 0.6 is 0 Å². The Morgan fingerprint density at radius 3 is 0.393 bits per heavy atom. The highest BCUT2D eigenvalue weighted by molar-refractivity contribution is 4.69. The molecule has 0 aromatic rings. The lowest BCUT2D eigenvalue weighted by atomic mass is 10.2. The van der Waals surface area contributed by atoms with Crippen molar-refractivity contribution in [2.45, 2.75) is 77.0 Å². The summed E-state index contributed by atoms with van der Waals surface area (Å²) >= 11 is 0. The van der Waals surface area contributed by atoms with Gasteiger partial charge in [-0.25, -0.2) is 0 Å². The van der Waals surface area contributed by atoms with E-state index < -0.39 is 0 Å². The van der Waals surface area contributed by atoms with E-state index in [9.17, 15) is 0 Å². The van der Waals surface area contributed by atoms with Gasteiger partial charge in [0.15, 0.2) is 0 Å². The molecule has 4 fully saturated rings. The predicted molar refractivity (Wildman–Crippen MR) is 121 cm³/mol. The summed E-state index contributed by atoms with van der Waals surface area (Å²) in [4.78, 5) is 11.2. The van der Waals surface area contributed by atoms with Gasteiger partial charge in [-0.1, -0.05) is 0 Å². The molecule has 0 N–H and O–H groups in total. The summed E-state index contributed by atoms with van der Waals surface area (Å²) in [6.07, 6.45) is 16.8. The maximum atomic E-state index is 2.80. The topological polar surface area (TPSA) is 13.0 Å². The van der Waals surface area contributed by atoms with Gasteiger partial charge in [-0.2, -0.15) is 0 Å². The molecular weight excluding hydrogens is 344 g/mol. The molecule has 4 rings (SSSR count). The molecule has 164 valence electrons. The highest BCUT2D eigenvalue weighted by Crippen LogP contribution is 2.12. The molecule has 4 nitrogen and oxygen atoms in total. The fourth-order valence-electron chi connectivity index (χ4n) is 5.37. The van der Waals surface area contributed by atoms with Crippen molar-refractivity contribution in [1.82, 2.24) is 19.6 Å². The van der Waals surface area contributed by atoms with Crippen LogP contribution in [0.5, 0.6) is 0 Å². The molecule has 4 heterocycles. The van der Waals surface area contributed by atoms with E-state index in [1.54, 1.807) is 0 Å². The summed E-state index contributed by atoms with van der Waals surface area (Å²) in [7, 11) is 0. The number of nitrogens with zero attached hydrogens (tertiary/aromatic N) is 4. The van der Waals surface area contributed by atoms with Gasteiger partial charge in [-0.3, -0.25) is 0 Å². The molecule has 0 atom stereocenters. The van der Waals surface area contributed by atoms with Crippen LogP contribution in [0, 0.1) is 0 Å². The summed E-state index contributed by atoms with van der Waals surface area (Å²) in [5.74, 6) is 0. The highest BCUT2D eigenvalue weighted by Gasteiger charge is 2.14. The summed E-state index contributed by atoms with van der Waals surface area (Å²) in [5, 5.41) is 0. The monoisotopic (exact) mass is 392 g/mol. The largest absolute Gasteiger partial charge is 0.303 e. The number of hydrogen-bond acceptors (Lipinski definition) is 4. The Hall–Kier alpha value is -0.160. The predicted octanol–water partition coefficient (Wildman–Crippen LogP) is 3.92. The van der Waals surface area contributed by atoms with Crippen LogP contribution in [0.15, 0.2) is 0 Å². The van der Waals surface area contributed by atoms with Gasteiger partial charge in [0.1, 0.15) is 0 Å². The minimum absolute atomic E-state index is 1.33. The third-order valence-electron chi connectivity index (χ3n) is 7.19. The fraction of sp³-hybridized carbons (Fsp3) is 1.00. The van der Waals surface area contributed by atoms with Crippen LogP contribution in [0.1, 0.15) is 77.0 Å².